The quantitative estimate of drug-likeness (QED) is 0.631. The van der Waals surface area contributed by atoms with Crippen molar-refractivity contribution in [3.8, 4) is 5.75 Å². The molecule has 0 spiro atoms. The highest BCUT2D eigenvalue weighted by Crippen LogP contribution is 2.33. The second-order valence-corrected chi connectivity index (χ2v) is 8.25. The van der Waals surface area contributed by atoms with Crippen molar-refractivity contribution in [1.82, 2.24) is 4.57 Å². The molecule has 1 aliphatic heterocycles. The van der Waals surface area contributed by atoms with Crippen LogP contribution in [0, 0.1) is 0 Å². The summed E-state index contributed by atoms with van der Waals surface area (Å²) in [5, 5.41) is 9.90. The molecule has 1 aliphatic rings. The lowest BCUT2D eigenvalue weighted by Gasteiger charge is -2.17. The number of carboxylic acid groups (broad SMARTS) is 1. The normalized spacial score (nSPS) is 16.4. The summed E-state index contributed by atoms with van der Waals surface area (Å²) in [6.45, 7) is 3.24. The van der Waals surface area contributed by atoms with Crippen molar-refractivity contribution < 1.29 is 19.4 Å². The van der Waals surface area contributed by atoms with E-state index < -0.39 is 11.5 Å². The van der Waals surface area contributed by atoms with Gasteiger partial charge in [-0.15, -0.1) is 11.3 Å². The van der Waals surface area contributed by atoms with Gasteiger partial charge in [0, 0.05) is 11.5 Å². The van der Waals surface area contributed by atoms with Crippen LogP contribution in [0.3, 0.4) is 0 Å². The molecule has 0 saturated carbocycles. The molecule has 2 aromatic heterocycles. The smallest absolute Gasteiger partial charge is 0.341 e. The summed E-state index contributed by atoms with van der Waals surface area (Å²) in [5.74, 6) is -1.25. The Morgan fingerprint density at radius 3 is 2.79 bits per heavy atom. The zero-order valence-corrected chi connectivity index (χ0v) is 17.0. The van der Waals surface area contributed by atoms with Crippen molar-refractivity contribution in [3.63, 3.8) is 0 Å². The number of fused-ring (bicyclic) bond motifs is 1. The van der Waals surface area contributed by atoms with Gasteiger partial charge in [-0.1, -0.05) is 37.3 Å². The highest BCUT2D eigenvalue weighted by molar-refractivity contribution is 7.19. The number of nitrogens with zero attached hydrogens (tertiary/aromatic N) is 1. The van der Waals surface area contributed by atoms with Crippen LogP contribution < -0.4 is 10.3 Å². The van der Waals surface area contributed by atoms with Crippen molar-refractivity contribution in [2.75, 3.05) is 6.61 Å². The van der Waals surface area contributed by atoms with Crippen LogP contribution in [0.15, 0.2) is 41.2 Å². The lowest BCUT2D eigenvalue weighted by atomic mass is 10.1. The number of thiophene rings is 1. The van der Waals surface area contributed by atoms with E-state index in [1.54, 1.807) is 4.57 Å². The first kappa shape index (κ1) is 19.7. The summed E-state index contributed by atoms with van der Waals surface area (Å²) in [6.07, 6.45) is 2.59. The number of ether oxygens (including phenoxy) is 2. The number of aromatic carboxylic acids is 1. The second-order valence-electron chi connectivity index (χ2n) is 7.11. The number of pyridine rings is 1. The Hall–Kier alpha value is -2.64. The molecule has 0 aliphatic carbocycles. The summed E-state index contributed by atoms with van der Waals surface area (Å²) >= 11 is 1.41. The van der Waals surface area contributed by atoms with Crippen molar-refractivity contribution in [3.05, 3.63) is 62.8 Å². The minimum atomic E-state index is -1.15. The molecule has 1 fully saturated rings. The van der Waals surface area contributed by atoms with E-state index >= 15 is 0 Å². The van der Waals surface area contributed by atoms with Gasteiger partial charge in [-0.2, -0.15) is 0 Å². The highest BCUT2D eigenvalue weighted by atomic mass is 32.1. The maximum Gasteiger partial charge on any atom is 0.341 e. The standard InChI is InChI=1S/C22H23NO5S/c1-2-16-11-17-20(29-16)18(22(25)26)19(28-13-14-7-4-3-5-8-14)21(24)23(17)12-15-9-6-10-27-15/h3-5,7-8,11,15H,2,6,9-10,12-13H2,1H3,(H,25,26). The molecule has 29 heavy (non-hydrogen) atoms. The molecule has 0 bridgehead atoms. The summed E-state index contributed by atoms with van der Waals surface area (Å²) in [7, 11) is 0. The predicted molar refractivity (Wildman–Crippen MR) is 112 cm³/mol. The van der Waals surface area contributed by atoms with E-state index in [0.29, 0.717) is 23.4 Å². The molecular formula is C22H23NO5S. The summed E-state index contributed by atoms with van der Waals surface area (Å²) in [4.78, 5) is 26.5. The largest absolute Gasteiger partial charge is 0.482 e. The Bertz CT molecular complexity index is 1080. The monoisotopic (exact) mass is 413 g/mol. The number of benzene rings is 1. The molecule has 4 rings (SSSR count). The first-order chi connectivity index (χ1) is 14.1. The third-order valence-electron chi connectivity index (χ3n) is 5.15. The van der Waals surface area contributed by atoms with Crippen molar-refractivity contribution in [2.24, 2.45) is 0 Å². The molecule has 0 radical (unpaired) electrons. The first-order valence-electron chi connectivity index (χ1n) is 9.79. The van der Waals surface area contributed by atoms with E-state index in [1.807, 2.05) is 43.3 Å². The lowest BCUT2D eigenvalue weighted by molar-refractivity contribution is 0.0693. The summed E-state index contributed by atoms with van der Waals surface area (Å²) < 4.78 is 13.8. The molecular weight excluding hydrogens is 390 g/mol. The van der Waals surface area contributed by atoms with Crippen LogP contribution in [-0.2, 0) is 24.3 Å². The Kier molecular flexibility index (Phi) is 5.69. The van der Waals surface area contributed by atoms with Gasteiger partial charge in [0.25, 0.3) is 5.56 Å². The number of hydrogen-bond acceptors (Lipinski definition) is 5. The van der Waals surface area contributed by atoms with Gasteiger partial charge in [0.15, 0.2) is 0 Å². The Labute approximate surface area is 172 Å². The van der Waals surface area contributed by atoms with Crippen LogP contribution in [0.25, 0.3) is 10.2 Å². The van der Waals surface area contributed by atoms with Crippen LogP contribution in [0.5, 0.6) is 5.75 Å². The van der Waals surface area contributed by atoms with Crippen molar-refractivity contribution in [2.45, 2.75) is 45.4 Å². The maximum absolute atomic E-state index is 13.3. The zero-order valence-electron chi connectivity index (χ0n) is 16.2. The highest BCUT2D eigenvalue weighted by Gasteiger charge is 2.27. The topological polar surface area (TPSA) is 77.8 Å². The number of carboxylic acids is 1. The number of aryl methyl sites for hydroxylation is 1. The van der Waals surface area contributed by atoms with E-state index in [-0.39, 0.29) is 24.0 Å². The Morgan fingerprint density at radius 2 is 2.14 bits per heavy atom. The lowest BCUT2D eigenvalue weighted by Crippen LogP contribution is -2.29. The molecule has 1 saturated heterocycles. The maximum atomic E-state index is 13.3. The zero-order chi connectivity index (χ0) is 20.4. The molecule has 0 amide bonds. The van der Waals surface area contributed by atoms with Crippen molar-refractivity contribution in [1.29, 1.82) is 0 Å². The van der Waals surface area contributed by atoms with Crippen LogP contribution >= 0.6 is 11.3 Å². The molecule has 1 aromatic carbocycles. The van der Waals surface area contributed by atoms with Gasteiger partial charge in [0.1, 0.15) is 12.2 Å². The first-order valence-corrected chi connectivity index (χ1v) is 10.6. The number of rotatable bonds is 7. The van der Waals surface area contributed by atoms with Crippen LogP contribution in [0.1, 0.15) is 40.6 Å². The molecule has 1 atom stereocenters. The number of hydrogen-bond donors (Lipinski definition) is 1. The summed E-state index contributed by atoms with van der Waals surface area (Å²) in [5.41, 5.74) is 1.06. The molecule has 7 heteroatoms. The van der Waals surface area contributed by atoms with Gasteiger partial charge in [0.05, 0.1) is 22.9 Å². The molecule has 1 unspecified atom stereocenters. The fourth-order valence-corrected chi connectivity index (χ4v) is 4.79. The van der Waals surface area contributed by atoms with Gasteiger partial charge >= 0.3 is 5.97 Å². The van der Waals surface area contributed by atoms with Gasteiger partial charge in [-0.3, -0.25) is 4.79 Å². The second kappa shape index (κ2) is 8.39. The molecule has 3 heterocycles. The SMILES string of the molecule is CCc1cc2c(s1)c(C(=O)O)c(OCc1ccccc1)c(=O)n2CC1CCCO1. The van der Waals surface area contributed by atoms with E-state index in [9.17, 15) is 14.7 Å². The number of carbonyl (C=O) groups is 1. The van der Waals surface area contributed by atoms with Crippen molar-refractivity contribution >= 4 is 27.5 Å². The number of aromatic nitrogens is 1. The Morgan fingerprint density at radius 1 is 1.34 bits per heavy atom. The molecule has 152 valence electrons. The predicted octanol–water partition coefficient (Wildman–Crippen LogP) is 4.08. The van der Waals surface area contributed by atoms with E-state index in [2.05, 4.69) is 0 Å². The molecule has 1 N–H and O–H groups in total. The van der Waals surface area contributed by atoms with Crippen LogP contribution in [0.4, 0.5) is 0 Å². The van der Waals surface area contributed by atoms with Gasteiger partial charge in [0.2, 0.25) is 5.75 Å². The third-order valence-corrected chi connectivity index (χ3v) is 6.43. The van der Waals surface area contributed by atoms with Gasteiger partial charge < -0.3 is 19.1 Å². The fourth-order valence-electron chi connectivity index (χ4n) is 3.66. The van der Waals surface area contributed by atoms with Gasteiger partial charge in [-0.25, -0.2) is 4.79 Å². The molecule has 3 aromatic rings. The third kappa shape index (κ3) is 3.93. The van der Waals surface area contributed by atoms with E-state index in [0.717, 1.165) is 29.7 Å². The van der Waals surface area contributed by atoms with Gasteiger partial charge in [-0.05, 0) is 30.9 Å². The van der Waals surface area contributed by atoms with Crippen LogP contribution in [0.2, 0.25) is 0 Å². The molecule has 6 nitrogen and oxygen atoms in total. The minimum Gasteiger partial charge on any atom is -0.482 e. The minimum absolute atomic E-state index is 0.0430. The average molecular weight is 413 g/mol. The average Bonchev–Trinajstić information content (AvgIpc) is 3.38. The van der Waals surface area contributed by atoms with E-state index in [4.69, 9.17) is 9.47 Å². The summed E-state index contributed by atoms with van der Waals surface area (Å²) in [6, 6.07) is 11.3. The van der Waals surface area contributed by atoms with Crippen LogP contribution in [-0.4, -0.2) is 28.4 Å². The fraction of sp³-hybridized carbons (Fsp3) is 0.364. The Balaban J connectivity index is 1.84. The van der Waals surface area contributed by atoms with E-state index in [1.165, 1.54) is 11.3 Å².